The van der Waals surface area contributed by atoms with Crippen LogP contribution >= 0.6 is 12.6 Å². The van der Waals surface area contributed by atoms with E-state index in [0.29, 0.717) is 5.25 Å². The van der Waals surface area contributed by atoms with Crippen molar-refractivity contribution in [3.63, 3.8) is 0 Å². The summed E-state index contributed by atoms with van der Waals surface area (Å²) in [7, 11) is 0. The van der Waals surface area contributed by atoms with Crippen molar-refractivity contribution in [2.24, 2.45) is 5.92 Å². The van der Waals surface area contributed by atoms with E-state index in [2.05, 4.69) is 31.7 Å². The molecule has 0 N–H and O–H groups in total. The van der Waals surface area contributed by atoms with Crippen molar-refractivity contribution < 1.29 is 0 Å². The highest BCUT2D eigenvalue weighted by Crippen LogP contribution is 2.19. The van der Waals surface area contributed by atoms with Crippen molar-refractivity contribution in [1.29, 1.82) is 0 Å². The molecule has 1 aliphatic rings. The molecule has 1 heteroatoms. The van der Waals surface area contributed by atoms with Crippen molar-refractivity contribution in [1.82, 2.24) is 0 Å². The fraction of sp³-hybridized carbons (Fsp3) is 0.800. The smallest absolute Gasteiger partial charge is 0.0196 e. The zero-order chi connectivity index (χ0) is 8.69. The SMILES string of the molecule is CC.CC1CC=CC(S)CC1. The second kappa shape index (κ2) is 6.78. The molecule has 0 aromatic carbocycles. The normalized spacial score (nSPS) is 30.2. The molecule has 2 atom stereocenters. The highest BCUT2D eigenvalue weighted by atomic mass is 32.1. The molecule has 0 aromatic rings. The van der Waals surface area contributed by atoms with Crippen LogP contribution in [0.15, 0.2) is 12.2 Å². The Morgan fingerprint density at radius 2 is 1.91 bits per heavy atom. The van der Waals surface area contributed by atoms with Crippen LogP contribution < -0.4 is 0 Å². The fourth-order valence-corrected chi connectivity index (χ4v) is 1.41. The third-order valence-corrected chi connectivity index (χ3v) is 2.28. The third-order valence-electron chi connectivity index (χ3n) is 1.85. The number of rotatable bonds is 0. The number of hydrogen-bond acceptors (Lipinski definition) is 1. The second-order valence-electron chi connectivity index (χ2n) is 2.91. The molecule has 0 fully saturated rings. The first-order valence-corrected chi connectivity index (χ1v) is 5.15. The van der Waals surface area contributed by atoms with Crippen LogP contribution in [0.4, 0.5) is 0 Å². The van der Waals surface area contributed by atoms with Crippen molar-refractivity contribution in [2.45, 2.75) is 45.3 Å². The van der Waals surface area contributed by atoms with Gasteiger partial charge in [0.2, 0.25) is 0 Å². The molecule has 0 saturated heterocycles. The van der Waals surface area contributed by atoms with Crippen molar-refractivity contribution in [2.75, 3.05) is 0 Å². The first kappa shape index (κ1) is 11.1. The van der Waals surface area contributed by atoms with Crippen LogP contribution in [-0.4, -0.2) is 5.25 Å². The van der Waals surface area contributed by atoms with Crippen LogP contribution in [0.25, 0.3) is 0 Å². The summed E-state index contributed by atoms with van der Waals surface area (Å²) in [6, 6.07) is 0. The lowest BCUT2D eigenvalue weighted by molar-refractivity contribution is 0.535. The van der Waals surface area contributed by atoms with Gasteiger partial charge in [-0.2, -0.15) is 12.6 Å². The van der Waals surface area contributed by atoms with E-state index < -0.39 is 0 Å². The molecule has 0 spiro atoms. The summed E-state index contributed by atoms with van der Waals surface area (Å²) in [6.45, 7) is 6.30. The maximum absolute atomic E-state index is 4.38. The lowest BCUT2D eigenvalue weighted by Gasteiger charge is -2.05. The Hall–Kier alpha value is 0.0900. The van der Waals surface area contributed by atoms with E-state index in [-0.39, 0.29) is 0 Å². The van der Waals surface area contributed by atoms with E-state index in [1.54, 1.807) is 0 Å². The maximum atomic E-state index is 4.38. The summed E-state index contributed by atoms with van der Waals surface area (Å²) in [5, 5.41) is 0.523. The Morgan fingerprint density at radius 1 is 1.27 bits per heavy atom. The van der Waals surface area contributed by atoms with E-state index in [4.69, 9.17) is 0 Å². The quantitative estimate of drug-likeness (QED) is 0.418. The predicted molar refractivity (Wildman–Crippen MR) is 56.3 cm³/mol. The summed E-state index contributed by atoms with van der Waals surface area (Å²) in [5.41, 5.74) is 0. The molecule has 0 nitrogen and oxygen atoms in total. The van der Waals surface area contributed by atoms with Crippen LogP contribution in [0.1, 0.15) is 40.0 Å². The molecule has 1 rings (SSSR count). The van der Waals surface area contributed by atoms with Crippen LogP contribution in [0.5, 0.6) is 0 Å². The molecule has 2 unspecified atom stereocenters. The summed E-state index contributed by atoms with van der Waals surface area (Å²) in [4.78, 5) is 0. The molecule has 0 aliphatic heterocycles. The minimum atomic E-state index is 0.523. The molecule has 11 heavy (non-hydrogen) atoms. The fourth-order valence-electron chi connectivity index (χ4n) is 1.14. The van der Waals surface area contributed by atoms with Gasteiger partial charge < -0.3 is 0 Å². The average Bonchev–Trinajstić information content (AvgIpc) is 2.20. The molecule has 0 aromatic heterocycles. The number of thiol groups is 1. The highest BCUT2D eigenvalue weighted by molar-refractivity contribution is 7.81. The Bertz CT molecular complexity index is 107. The van der Waals surface area contributed by atoms with Gasteiger partial charge in [-0.25, -0.2) is 0 Å². The molecule has 0 amide bonds. The van der Waals surface area contributed by atoms with Crippen LogP contribution in [0.2, 0.25) is 0 Å². The number of hydrogen-bond donors (Lipinski definition) is 1. The third kappa shape index (κ3) is 5.37. The number of allylic oxidation sites excluding steroid dienone is 1. The van der Waals surface area contributed by atoms with Crippen molar-refractivity contribution >= 4 is 12.6 Å². The predicted octanol–water partition coefficient (Wildman–Crippen LogP) is 3.69. The van der Waals surface area contributed by atoms with Gasteiger partial charge in [0.1, 0.15) is 0 Å². The van der Waals surface area contributed by atoms with Crippen molar-refractivity contribution in [3.05, 3.63) is 12.2 Å². The largest absolute Gasteiger partial charge is 0.172 e. The Kier molecular flexibility index (Phi) is 6.83. The lowest BCUT2D eigenvalue weighted by Crippen LogP contribution is -1.94. The average molecular weight is 172 g/mol. The Morgan fingerprint density at radius 3 is 2.55 bits per heavy atom. The standard InChI is InChI=1S/C8H14S.C2H6/c1-7-3-2-4-8(9)6-5-7;1-2/h2,4,7-9H,3,5-6H2,1H3;1-2H3. The molecule has 0 bridgehead atoms. The molecule has 66 valence electrons. The summed E-state index contributed by atoms with van der Waals surface area (Å²) >= 11 is 4.38. The van der Waals surface area contributed by atoms with E-state index >= 15 is 0 Å². The van der Waals surface area contributed by atoms with Gasteiger partial charge in [0, 0.05) is 5.25 Å². The summed E-state index contributed by atoms with van der Waals surface area (Å²) in [6.07, 6.45) is 8.31. The zero-order valence-electron chi connectivity index (χ0n) is 7.88. The zero-order valence-corrected chi connectivity index (χ0v) is 8.77. The molecule has 1 aliphatic carbocycles. The van der Waals surface area contributed by atoms with E-state index in [1.165, 1.54) is 19.3 Å². The van der Waals surface area contributed by atoms with Crippen LogP contribution in [0, 0.1) is 5.92 Å². The van der Waals surface area contributed by atoms with Gasteiger partial charge in [0.15, 0.2) is 0 Å². The molecule has 0 radical (unpaired) electrons. The van der Waals surface area contributed by atoms with E-state index in [9.17, 15) is 0 Å². The van der Waals surface area contributed by atoms with Crippen LogP contribution in [-0.2, 0) is 0 Å². The Labute approximate surface area is 76.5 Å². The van der Waals surface area contributed by atoms with Crippen LogP contribution in [0.3, 0.4) is 0 Å². The monoisotopic (exact) mass is 172 g/mol. The first-order chi connectivity index (χ1) is 5.29. The minimum Gasteiger partial charge on any atom is -0.172 e. The molecular formula is C10H20S. The minimum absolute atomic E-state index is 0.523. The van der Waals surface area contributed by atoms with Gasteiger partial charge in [-0.15, -0.1) is 0 Å². The maximum Gasteiger partial charge on any atom is 0.0196 e. The van der Waals surface area contributed by atoms with E-state index in [1.807, 2.05) is 13.8 Å². The second-order valence-corrected chi connectivity index (χ2v) is 3.58. The summed E-state index contributed by atoms with van der Waals surface area (Å²) < 4.78 is 0. The molecule has 0 heterocycles. The van der Waals surface area contributed by atoms with Gasteiger partial charge in [0.05, 0.1) is 0 Å². The van der Waals surface area contributed by atoms with Gasteiger partial charge in [-0.05, 0) is 25.2 Å². The lowest BCUT2D eigenvalue weighted by atomic mass is 10.0. The van der Waals surface area contributed by atoms with Crippen molar-refractivity contribution in [3.8, 4) is 0 Å². The van der Waals surface area contributed by atoms with Gasteiger partial charge in [-0.3, -0.25) is 0 Å². The molecular weight excluding hydrogens is 152 g/mol. The topological polar surface area (TPSA) is 0 Å². The van der Waals surface area contributed by atoms with E-state index in [0.717, 1.165) is 5.92 Å². The summed E-state index contributed by atoms with van der Waals surface area (Å²) in [5.74, 6) is 0.874. The Balaban J connectivity index is 0.000000461. The van der Waals surface area contributed by atoms with Gasteiger partial charge in [-0.1, -0.05) is 32.9 Å². The highest BCUT2D eigenvalue weighted by Gasteiger charge is 2.06. The first-order valence-electron chi connectivity index (χ1n) is 4.64. The molecule has 0 saturated carbocycles. The van der Waals surface area contributed by atoms with Gasteiger partial charge >= 0.3 is 0 Å². The van der Waals surface area contributed by atoms with Gasteiger partial charge in [0.25, 0.3) is 0 Å².